The lowest BCUT2D eigenvalue weighted by molar-refractivity contribution is -0.113. The maximum absolute atomic E-state index is 12.5. The van der Waals surface area contributed by atoms with Crippen LogP contribution in [0.1, 0.15) is 5.56 Å². The van der Waals surface area contributed by atoms with Crippen LogP contribution in [0.3, 0.4) is 0 Å². The smallest absolute Gasteiger partial charge is 0.234 e. The van der Waals surface area contributed by atoms with Crippen LogP contribution in [0.4, 0.5) is 11.4 Å². The third kappa shape index (κ3) is 4.76. The number of carbonyl (C=O) groups excluding carboxylic acids is 1. The Labute approximate surface area is 190 Å². The lowest BCUT2D eigenvalue weighted by Crippen LogP contribution is -2.14. The highest BCUT2D eigenvalue weighted by Gasteiger charge is 2.17. The molecule has 0 saturated heterocycles. The monoisotopic (exact) mass is 445 g/mol. The molecule has 0 bridgehead atoms. The Balaban J connectivity index is 1.57. The number of aryl methyl sites for hydroxylation is 1. The number of hydrogen-bond acceptors (Lipinski definition) is 6. The summed E-state index contributed by atoms with van der Waals surface area (Å²) in [7, 11) is 1.63. The number of para-hydroxylation sites is 1. The van der Waals surface area contributed by atoms with Crippen LogP contribution in [0.15, 0.2) is 78.0 Å². The molecule has 162 valence electrons. The van der Waals surface area contributed by atoms with Gasteiger partial charge in [0.1, 0.15) is 5.75 Å². The fourth-order valence-corrected chi connectivity index (χ4v) is 3.90. The minimum atomic E-state index is -0.146. The van der Waals surface area contributed by atoms with E-state index in [0.717, 1.165) is 22.6 Å². The standard InChI is InChI=1S/C24H23N5O2S/c1-16-8-11-18(14-21(16)25)26-22(30)15-32-24-28-27-23(17-9-12-20(31-2)13-10-17)29(24)19-6-4-3-5-7-19/h3-14H,15,25H2,1-2H3,(H,26,30). The number of benzene rings is 3. The zero-order valence-corrected chi connectivity index (χ0v) is 18.6. The van der Waals surface area contributed by atoms with E-state index >= 15 is 0 Å². The maximum Gasteiger partial charge on any atom is 0.234 e. The molecule has 0 saturated carbocycles. The topological polar surface area (TPSA) is 95.1 Å². The molecule has 0 radical (unpaired) electrons. The summed E-state index contributed by atoms with van der Waals surface area (Å²) in [5, 5.41) is 12.3. The molecule has 0 spiro atoms. The van der Waals surface area contributed by atoms with Gasteiger partial charge in [-0.2, -0.15) is 0 Å². The summed E-state index contributed by atoms with van der Waals surface area (Å²) in [6, 6.07) is 22.9. The molecule has 1 heterocycles. The predicted octanol–water partition coefficient (Wildman–Crippen LogP) is 4.56. The highest BCUT2D eigenvalue weighted by atomic mass is 32.2. The first-order valence-electron chi connectivity index (χ1n) is 9.99. The largest absolute Gasteiger partial charge is 0.497 e. The number of nitrogens with one attached hydrogen (secondary N) is 1. The quantitative estimate of drug-likeness (QED) is 0.320. The van der Waals surface area contributed by atoms with Crippen LogP contribution in [0.2, 0.25) is 0 Å². The number of anilines is 2. The molecule has 0 aliphatic rings. The molecule has 4 aromatic rings. The van der Waals surface area contributed by atoms with E-state index in [1.54, 1.807) is 13.2 Å². The van der Waals surface area contributed by atoms with E-state index < -0.39 is 0 Å². The summed E-state index contributed by atoms with van der Waals surface area (Å²) in [5.74, 6) is 1.49. The highest BCUT2D eigenvalue weighted by molar-refractivity contribution is 7.99. The van der Waals surface area contributed by atoms with Crippen molar-refractivity contribution in [1.29, 1.82) is 0 Å². The van der Waals surface area contributed by atoms with Gasteiger partial charge in [0.25, 0.3) is 0 Å². The first kappa shape index (κ1) is 21.5. The molecule has 0 atom stereocenters. The molecule has 0 aliphatic heterocycles. The zero-order valence-electron chi connectivity index (χ0n) is 17.8. The van der Waals surface area contributed by atoms with E-state index in [9.17, 15) is 4.79 Å². The molecular weight excluding hydrogens is 422 g/mol. The van der Waals surface area contributed by atoms with Crippen molar-refractivity contribution in [1.82, 2.24) is 14.8 Å². The van der Waals surface area contributed by atoms with Gasteiger partial charge in [-0.1, -0.05) is 36.0 Å². The number of rotatable bonds is 7. The Morgan fingerprint density at radius 2 is 1.81 bits per heavy atom. The third-order valence-electron chi connectivity index (χ3n) is 4.89. The van der Waals surface area contributed by atoms with Gasteiger partial charge in [-0.15, -0.1) is 10.2 Å². The summed E-state index contributed by atoms with van der Waals surface area (Å²) in [6.07, 6.45) is 0. The average Bonchev–Trinajstić information content (AvgIpc) is 3.25. The second-order valence-electron chi connectivity index (χ2n) is 7.11. The van der Waals surface area contributed by atoms with Gasteiger partial charge in [0.15, 0.2) is 11.0 Å². The van der Waals surface area contributed by atoms with E-state index in [4.69, 9.17) is 10.5 Å². The fourth-order valence-electron chi connectivity index (χ4n) is 3.15. The van der Waals surface area contributed by atoms with Gasteiger partial charge in [-0.05, 0) is 61.0 Å². The number of ether oxygens (including phenoxy) is 1. The van der Waals surface area contributed by atoms with Gasteiger partial charge in [0.05, 0.1) is 12.9 Å². The molecular formula is C24H23N5O2S. The summed E-state index contributed by atoms with van der Waals surface area (Å²) < 4.78 is 7.20. The number of amides is 1. The molecule has 0 aliphatic carbocycles. The van der Waals surface area contributed by atoms with Crippen LogP contribution in [0.5, 0.6) is 5.75 Å². The Morgan fingerprint density at radius 3 is 2.50 bits per heavy atom. The molecule has 1 aromatic heterocycles. The predicted molar refractivity (Wildman–Crippen MR) is 128 cm³/mol. The van der Waals surface area contributed by atoms with Crippen LogP contribution < -0.4 is 15.8 Å². The first-order chi connectivity index (χ1) is 15.5. The average molecular weight is 446 g/mol. The number of nitrogens with two attached hydrogens (primary N) is 1. The Morgan fingerprint density at radius 1 is 1.06 bits per heavy atom. The molecule has 0 fully saturated rings. The van der Waals surface area contributed by atoms with Crippen LogP contribution in [-0.2, 0) is 4.79 Å². The molecule has 4 rings (SSSR count). The lowest BCUT2D eigenvalue weighted by Gasteiger charge is -2.11. The number of thioether (sulfide) groups is 1. The Hall–Kier alpha value is -3.78. The van der Waals surface area contributed by atoms with E-state index in [0.29, 0.717) is 22.4 Å². The van der Waals surface area contributed by atoms with Crippen LogP contribution in [0.25, 0.3) is 17.1 Å². The van der Waals surface area contributed by atoms with E-state index in [1.165, 1.54) is 11.8 Å². The Bertz CT molecular complexity index is 1220. The van der Waals surface area contributed by atoms with Gasteiger partial charge in [-0.25, -0.2) is 0 Å². The fraction of sp³-hybridized carbons (Fsp3) is 0.125. The minimum Gasteiger partial charge on any atom is -0.497 e. The van der Waals surface area contributed by atoms with Gasteiger partial charge in [0, 0.05) is 22.6 Å². The van der Waals surface area contributed by atoms with Gasteiger partial charge in [0.2, 0.25) is 5.91 Å². The maximum atomic E-state index is 12.5. The number of nitrogens with zero attached hydrogens (tertiary/aromatic N) is 3. The van der Waals surface area contributed by atoms with E-state index in [2.05, 4.69) is 15.5 Å². The van der Waals surface area contributed by atoms with Gasteiger partial charge in [-0.3, -0.25) is 9.36 Å². The third-order valence-corrected chi connectivity index (χ3v) is 5.82. The zero-order chi connectivity index (χ0) is 22.5. The van der Waals surface area contributed by atoms with Crippen molar-refractivity contribution >= 4 is 29.0 Å². The number of nitrogen functional groups attached to an aromatic ring is 1. The summed E-state index contributed by atoms with van der Waals surface area (Å²) in [6.45, 7) is 1.92. The Kier molecular flexibility index (Phi) is 6.42. The second-order valence-corrected chi connectivity index (χ2v) is 8.06. The lowest BCUT2D eigenvalue weighted by atomic mass is 10.2. The van der Waals surface area contributed by atoms with Crippen molar-refractivity contribution in [2.45, 2.75) is 12.1 Å². The van der Waals surface area contributed by atoms with Crippen molar-refractivity contribution in [2.24, 2.45) is 0 Å². The van der Waals surface area contributed by atoms with Crippen LogP contribution in [-0.4, -0.2) is 33.5 Å². The number of carbonyl (C=O) groups is 1. The second kappa shape index (κ2) is 9.57. The molecule has 1 amide bonds. The summed E-state index contributed by atoms with van der Waals surface area (Å²) in [5.41, 5.74) is 10.0. The van der Waals surface area contributed by atoms with Gasteiger partial charge < -0.3 is 15.8 Å². The van der Waals surface area contributed by atoms with E-state index in [-0.39, 0.29) is 11.7 Å². The molecule has 3 N–H and O–H groups in total. The molecule has 3 aromatic carbocycles. The number of aromatic nitrogens is 3. The van der Waals surface area contributed by atoms with Crippen molar-refractivity contribution in [3.63, 3.8) is 0 Å². The SMILES string of the molecule is COc1ccc(-c2nnc(SCC(=O)Nc3ccc(C)c(N)c3)n2-c2ccccc2)cc1. The first-order valence-corrected chi connectivity index (χ1v) is 11.0. The summed E-state index contributed by atoms with van der Waals surface area (Å²) in [4.78, 5) is 12.5. The molecule has 8 heteroatoms. The van der Waals surface area contributed by atoms with Crippen LogP contribution >= 0.6 is 11.8 Å². The van der Waals surface area contributed by atoms with E-state index in [1.807, 2.05) is 78.2 Å². The number of hydrogen-bond donors (Lipinski definition) is 2. The van der Waals surface area contributed by atoms with Crippen molar-refractivity contribution in [3.8, 4) is 22.8 Å². The normalized spacial score (nSPS) is 10.7. The minimum absolute atomic E-state index is 0.146. The summed E-state index contributed by atoms with van der Waals surface area (Å²) >= 11 is 1.32. The molecule has 32 heavy (non-hydrogen) atoms. The van der Waals surface area contributed by atoms with Crippen LogP contribution in [0, 0.1) is 6.92 Å². The van der Waals surface area contributed by atoms with Gasteiger partial charge >= 0.3 is 0 Å². The van der Waals surface area contributed by atoms with Crippen molar-refractivity contribution in [3.05, 3.63) is 78.4 Å². The number of methoxy groups -OCH3 is 1. The molecule has 0 unspecified atom stereocenters. The highest BCUT2D eigenvalue weighted by Crippen LogP contribution is 2.29. The van der Waals surface area contributed by atoms with Crippen molar-refractivity contribution < 1.29 is 9.53 Å². The van der Waals surface area contributed by atoms with Crippen molar-refractivity contribution in [2.75, 3.05) is 23.9 Å². The molecule has 7 nitrogen and oxygen atoms in total.